The minimum atomic E-state index is -0.274. The molecule has 0 aliphatic carbocycles. The maximum atomic E-state index is 6.07. The van der Waals surface area contributed by atoms with Gasteiger partial charge in [-0.1, -0.05) is 110 Å². The number of ether oxygens (including phenoxy) is 4. The van der Waals surface area contributed by atoms with E-state index in [1.807, 2.05) is 0 Å². The molecular weight excluding hydrogens is 462 g/mol. The molecule has 0 aromatic heterocycles. The Bertz CT molecular complexity index is 468. The van der Waals surface area contributed by atoms with Crippen molar-refractivity contribution in [2.75, 3.05) is 53.9 Å². The molecule has 1 rings (SSSR count). The van der Waals surface area contributed by atoms with E-state index in [0.29, 0.717) is 20.0 Å². The van der Waals surface area contributed by atoms with Gasteiger partial charge in [0.2, 0.25) is 0 Å². The van der Waals surface area contributed by atoms with Crippen molar-refractivity contribution >= 4 is 0 Å². The molecule has 5 nitrogen and oxygen atoms in total. The topological polar surface area (TPSA) is 40.2 Å². The maximum Gasteiger partial charge on any atom is 0.147 e. The number of rotatable bonds is 28. The first kappa shape index (κ1) is 34.8. The normalized spacial score (nSPS) is 18.7. The zero-order chi connectivity index (χ0) is 26.9. The van der Waals surface area contributed by atoms with Gasteiger partial charge in [-0.05, 0) is 52.7 Å². The van der Waals surface area contributed by atoms with Crippen LogP contribution in [0.5, 0.6) is 0 Å². The Morgan fingerprint density at radius 3 is 1.76 bits per heavy atom. The lowest BCUT2D eigenvalue weighted by atomic mass is 10.0. The molecule has 1 fully saturated rings. The van der Waals surface area contributed by atoms with Crippen molar-refractivity contribution in [3.63, 3.8) is 0 Å². The molecule has 2 unspecified atom stereocenters. The molecule has 1 heterocycles. The van der Waals surface area contributed by atoms with Gasteiger partial charge in [-0.15, -0.1) is 0 Å². The van der Waals surface area contributed by atoms with Gasteiger partial charge in [-0.25, -0.2) is 0 Å². The van der Waals surface area contributed by atoms with E-state index >= 15 is 0 Å². The van der Waals surface area contributed by atoms with Crippen LogP contribution in [0.2, 0.25) is 0 Å². The van der Waals surface area contributed by atoms with E-state index < -0.39 is 0 Å². The third kappa shape index (κ3) is 20.4. The molecule has 1 saturated heterocycles. The van der Waals surface area contributed by atoms with Crippen LogP contribution in [0.1, 0.15) is 142 Å². The van der Waals surface area contributed by atoms with Crippen LogP contribution >= 0.6 is 0 Å². The third-order valence-electron chi connectivity index (χ3n) is 7.80. The Labute approximate surface area is 231 Å². The molecule has 0 N–H and O–H groups in total. The van der Waals surface area contributed by atoms with Crippen molar-refractivity contribution in [2.45, 2.75) is 154 Å². The van der Waals surface area contributed by atoms with Gasteiger partial charge in [0, 0.05) is 13.2 Å². The van der Waals surface area contributed by atoms with E-state index in [-0.39, 0.29) is 11.7 Å². The van der Waals surface area contributed by atoms with Crippen LogP contribution in [-0.2, 0) is 18.9 Å². The second-order valence-electron chi connectivity index (χ2n) is 11.7. The molecule has 0 amide bonds. The van der Waals surface area contributed by atoms with Gasteiger partial charge in [0.25, 0.3) is 0 Å². The van der Waals surface area contributed by atoms with Crippen molar-refractivity contribution in [3.8, 4) is 0 Å². The average Bonchev–Trinajstić information content (AvgIpc) is 3.36. The zero-order valence-electron chi connectivity index (χ0n) is 25.5. The number of unbranched alkanes of at least 4 members (excludes halogenated alkanes) is 15. The van der Waals surface area contributed by atoms with E-state index in [1.54, 1.807) is 0 Å². The van der Waals surface area contributed by atoms with Gasteiger partial charge in [0.1, 0.15) is 12.4 Å². The van der Waals surface area contributed by atoms with E-state index in [4.69, 9.17) is 18.9 Å². The average molecular weight is 528 g/mol. The standard InChI is InChI=1S/C32H65NO4/c1-5-7-8-9-10-11-12-13-14-15-16-17-18-19-20-21-26-34-28-32(24-22-27-37-32)29-35-30-36-31(6-2)23-25-33(3)4/h31H,5-30H2,1-4H3. The summed E-state index contributed by atoms with van der Waals surface area (Å²) in [6.45, 7) is 8.71. The Morgan fingerprint density at radius 2 is 1.27 bits per heavy atom. The van der Waals surface area contributed by atoms with Crippen LogP contribution < -0.4 is 0 Å². The highest BCUT2D eigenvalue weighted by Crippen LogP contribution is 2.27. The predicted molar refractivity (Wildman–Crippen MR) is 157 cm³/mol. The third-order valence-corrected chi connectivity index (χ3v) is 7.80. The van der Waals surface area contributed by atoms with E-state index in [1.165, 1.54) is 96.3 Å². The SMILES string of the molecule is CCCCCCCCCCCCCCCCCCOCC1(COCOC(CC)CCN(C)C)CCCO1. The number of nitrogens with zero attached hydrogens (tertiary/aromatic N) is 1. The minimum Gasteiger partial charge on any atom is -0.378 e. The first-order chi connectivity index (χ1) is 18.1. The molecule has 5 heteroatoms. The van der Waals surface area contributed by atoms with Gasteiger partial charge in [0.05, 0.1) is 19.3 Å². The summed E-state index contributed by atoms with van der Waals surface area (Å²) >= 11 is 0. The molecule has 2 atom stereocenters. The van der Waals surface area contributed by atoms with E-state index in [0.717, 1.165) is 51.9 Å². The molecule has 0 radical (unpaired) electrons. The first-order valence-corrected chi connectivity index (χ1v) is 16.2. The van der Waals surface area contributed by atoms with Crippen molar-refractivity contribution in [1.29, 1.82) is 0 Å². The molecule has 0 aromatic carbocycles. The molecule has 0 aromatic rings. The van der Waals surface area contributed by atoms with Crippen LogP contribution in [0.25, 0.3) is 0 Å². The molecule has 0 spiro atoms. The Hall–Kier alpha value is -0.200. The largest absolute Gasteiger partial charge is 0.378 e. The summed E-state index contributed by atoms with van der Waals surface area (Å²) in [6.07, 6.45) is 26.8. The Morgan fingerprint density at radius 1 is 0.730 bits per heavy atom. The summed E-state index contributed by atoms with van der Waals surface area (Å²) in [6, 6.07) is 0. The van der Waals surface area contributed by atoms with Gasteiger partial charge < -0.3 is 23.8 Å². The molecule has 37 heavy (non-hydrogen) atoms. The van der Waals surface area contributed by atoms with Crippen molar-refractivity contribution in [2.24, 2.45) is 0 Å². The van der Waals surface area contributed by atoms with Crippen LogP contribution in [-0.4, -0.2) is 70.5 Å². The smallest absolute Gasteiger partial charge is 0.147 e. The quantitative estimate of drug-likeness (QED) is 0.0753. The predicted octanol–water partition coefficient (Wildman–Crippen LogP) is 8.53. The lowest BCUT2D eigenvalue weighted by Gasteiger charge is -2.28. The summed E-state index contributed by atoms with van der Waals surface area (Å²) in [5.41, 5.74) is -0.274. The molecule has 1 aliphatic rings. The number of hydrogen-bond acceptors (Lipinski definition) is 5. The van der Waals surface area contributed by atoms with Crippen molar-refractivity contribution in [3.05, 3.63) is 0 Å². The highest BCUT2D eigenvalue weighted by atomic mass is 16.7. The summed E-state index contributed by atoms with van der Waals surface area (Å²) in [4.78, 5) is 2.20. The summed E-state index contributed by atoms with van der Waals surface area (Å²) in [7, 11) is 4.20. The fraction of sp³-hybridized carbons (Fsp3) is 1.00. The Balaban J connectivity index is 1.93. The first-order valence-electron chi connectivity index (χ1n) is 16.2. The molecular formula is C32H65NO4. The van der Waals surface area contributed by atoms with Crippen LogP contribution in [0.3, 0.4) is 0 Å². The Kier molecular flexibility index (Phi) is 23.4. The summed E-state index contributed by atoms with van der Waals surface area (Å²) in [5.74, 6) is 0. The second kappa shape index (κ2) is 24.8. The minimum absolute atomic E-state index is 0.258. The monoisotopic (exact) mass is 527 g/mol. The zero-order valence-corrected chi connectivity index (χ0v) is 25.5. The van der Waals surface area contributed by atoms with Gasteiger partial charge in [0.15, 0.2) is 0 Å². The fourth-order valence-electron chi connectivity index (χ4n) is 5.21. The summed E-state index contributed by atoms with van der Waals surface area (Å²) in [5, 5.41) is 0. The van der Waals surface area contributed by atoms with Crippen molar-refractivity contribution in [1.82, 2.24) is 4.90 Å². The molecule has 222 valence electrons. The molecule has 1 aliphatic heterocycles. The van der Waals surface area contributed by atoms with Crippen LogP contribution in [0.15, 0.2) is 0 Å². The second-order valence-corrected chi connectivity index (χ2v) is 11.7. The highest BCUT2D eigenvalue weighted by Gasteiger charge is 2.36. The van der Waals surface area contributed by atoms with Gasteiger partial charge in [-0.2, -0.15) is 0 Å². The summed E-state index contributed by atoms with van der Waals surface area (Å²) < 4.78 is 24.0. The molecule has 0 bridgehead atoms. The maximum absolute atomic E-state index is 6.07. The highest BCUT2D eigenvalue weighted by molar-refractivity contribution is 4.85. The van der Waals surface area contributed by atoms with E-state index in [2.05, 4.69) is 32.8 Å². The van der Waals surface area contributed by atoms with Gasteiger partial charge >= 0.3 is 0 Å². The molecule has 0 saturated carbocycles. The lowest BCUT2D eigenvalue weighted by molar-refractivity contribution is -0.155. The van der Waals surface area contributed by atoms with E-state index in [9.17, 15) is 0 Å². The fourth-order valence-corrected chi connectivity index (χ4v) is 5.21. The van der Waals surface area contributed by atoms with Gasteiger partial charge in [-0.3, -0.25) is 0 Å². The number of hydrogen-bond donors (Lipinski definition) is 0. The van der Waals surface area contributed by atoms with Crippen molar-refractivity contribution < 1.29 is 18.9 Å². The van der Waals surface area contributed by atoms with Crippen LogP contribution in [0.4, 0.5) is 0 Å². The lowest BCUT2D eigenvalue weighted by Crippen LogP contribution is -2.39. The van der Waals surface area contributed by atoms with Crippen LogP contribution in [0, 0.1) is 0 Å².